The van der Waals surface area contributed by atoms with Crippen LogP contribution in [0, 0.1) is 13.8 Å². The summed E-state index contributed by atoms with van der Waals surface area (Å²) in [5.41, 5.74) is 5.36. The fraction of sp³-hybridized carbons (Fsp3) is 0.261. The van der Waals surface area contributed by atoms with Crippen LogP contribution in [0.5, 0.6) is 0 Å². The maximum atomic E-state index is 12.5. The molecule has 4 N–H and O–H groups in total. The Morgan fingerprint density at radius 3 is 2.55 bits per heavy atom. The molecular weight excluding hydrogens is 394 g/mol. The molecule has 0 fully saturated rings. The normalized spacial score (nSPS) is 14.5. The van der Waals surface area contributed by atoms with Crippen molar-refractivity contribution >= 4 is 40.8 Å². The van der Waals surface area contributed by atoms with E-state index >= 15 is 0 Å². The molecule has 0 saturated heterocycles. The van der Waals surface area contributed by atoms with E-state index in [0.29, 0.717) is 28.5 Å². The minimum absolute atomic E-state index is 0.180. The molecule has 0 radical (unpaired) electrons. The number of anilines is 3. The Morgan fingerprint density at radius 1 is 1.13 bits per heavy atom. The number of amides is 3. The lowest BCUT2D eigenvalue weighted by molar-refractivity contribution is -0.110. The molecule has 31 heavy (non-hydrogen) atoms. The number of carbonyl (C=O) groups is 2. The predicted octanol–water partition coefficient (Wildman–Crippen LogP) is 5.05. The molecule has 0 spiro atoms. The first-order valence-electron chi connectivity index (χ1n) is 9.99. The van der Waals surface area contributed by atoms with Gasteiger partial charge in [-0.1, -0.05) is 32.0 Å². The molecule has 1 aliphatic heterocycles. The van der Waals surface area contributed by atoms with Crippen molar-refractivity contribution in [2.24, 2.45) is 0 Å². The Balaban J connectivity index is 1.49. The fourth-order valence-electron chi connectivity index (χ4n) is 3.43. The number of urea groups is 1. The van der Waals surface area contributed by atoms with Gasteiger partial charge in [-0.2, -0.15) is 0 Å². The molecule has 0 aliphatic carbocycles. The number of carbonyl (C=O) groups excluding carboxylic acids is 2. The molecule has 8 heteroatoms. The van der Waals surface area contributed by atoms with Gasteiger partial charge in [0.05, 0.1) is 11.3 Å². The second-order valence-electron chi connectivity index (χ2n) is 8.73. The molecule has 0 saturated carbocycles. The molecular formula is C23H25N5O3. The molecule has 2 aromatic heterocycles. The number of nitrogens with zero attached hydrogens (tertiary/aromatic N) is 1. The summed E-state index contributed by atoms with van der Waals surface area (Å²) >= 11 is 0. The van der Waals surface area contributed by atoms with Crippen LogP contribution in [0.25, 0.3) is 11.6 Å². The number of benzene rings is 1. The largest absolute Gasteiger partial charge is 0.359 e. The van der Waals surface area contributed by atoms with Gasteiger partial charge in [0.15, 0.2) is 5.82 Å². The minimum atomic E-state index is -0.453. The van der Waals surface area contributed by atoms with Gasteiger partial charge in [-0.15, -0.1) is 0 Å². The van der Waals surface area contributed by atoms with Crippen LogP contribution in [-0.2, 0) is 10.2 Å². The summed E-state index contributed by atoms with van der Waals surface area (Å²) in [6.45, 7) is 9.96. The van der Waals surface area contributed by atoms with Crippen molar-refractivity contribution in [1.82, 2.24) is 10.1 Å². The van der Waals surface area contributed by atoms with Crippen LogP contribution in [0.4, 0.5) is 22.0 Å². The average Bonchev–Trinajstić information content (AvgIpc) is 3.33. The van der Waals surface area contributed by atoms with Gasteiger partial charge < -0.3 is 20.1 Å². The van der Waals surface area contributed by atoms with Crippen LogP contribution < -0.4 is 16.0 Å². The van der Waals surface area contributed by atoms with Gasteiger partial charge in [0, 0.05) is 34.1 Å². The molecule has 3 amide bonds. The van der Waals surface area contributed by atoms with Crippen molar-refractivity contribution in [3.63, 3.8) is 0 Å². The molecule has 160 valence electrons. The molecule has 4 rings (SSSR count). The molecule has 0 atom stereocenters. The fourth-order valence-corrected chi connectivity index (χ4v) is 3.43. The Hall–Kier alpha value is -3.81. The lowest BCUT2D eigenvalue weighted by Gasteiger charge is -2.12. The maximum absolute atomic E-state index is 12.5. The number of aromatic amines is 1. The summed E-state index contributed by atoms with van der Waals surface area (Å²) in [6, 6.07) is 8.57. The number of aromatic nitrogens is 2. The summed E-state index contributed by atoms with van der Waals surface area (Å²) < 4.78 is 5.27. The third-order valence-corrected chi connectivity index (χ3v) is 5.03. The number of hydrogen-bond donors (Lipinski definition) is 4. The van der Waals surface area contributed by atoms with Gasteiger partial charge in [0.2, 0.25) is 0 Å². The highest BCUT2D eigenvalue weighted by Crippen LogP contribution is 2.35. The highest BCUT2D eigenvalue weighted by molar-refractivity contribution is 6.35. The first-order valence-corrected chi connectivity index (χ1v) is 9.99. The standard InChI is InChI=1S/C23H25N5O3/c1-12-8-13(2)24-17(12)10-16-15-7-6-14(9-18(15)26-21(16)29)25-22(30)27-20-11-19(31-28-20)23(3,4)5/h6-11,24H,1-5H3,(H,26,29)(H2,25,27,28,30)/b16-10-. The molecule has 1 aromatic carbocycles. The van der Waals surface area contributed by atoms with E-state index in [0.717, 1.165) is 22.5 Å². The zero-order valence-corrected chi connectivity index (χ0v) is 18.1. The Bertz CT molecular complexity index is 1210. The molecule has 3 aromatic rings. The Morgan fingerprint density at radius 2 is 1.90 bits per heavy atom. The SMILES string of the molecule is Cc1cc(C)c(/C=C2\C(=O)Nc3cc(NC(=O)Nc4cc(C(C)(C)C)on4)ccc32)[nH]1. The number of hydrogen-bond acceptors (Lipinski definition) is 4. The van der Waals surface area contributed by atoms with Gasteiger partial charge in [-0.05, 0) is 43.7 Å². The molecule has 8 nitrogen and oxygen atoms in total. The first-order chi connectivity index (χ1) is 14.6. The van der Waals surface area contributed by atoms with E-state index in [9.17, 15) is 9.59 Å². The van der Waals surface area contributed by atoms with Crippen molar-refractivity contribution in [3.8, 4) is 0 Å². The third kappa shape index (κ3) is 4.23. The van der Waals surface area contributed by atoms with Crippen molar-refractivity contribution in [3.05, 3.63) is 58.6 Å². The predicted molar refractivity (Wildman–Crippen MR) is 121 cm³/mol. The van der Waals surface area contributed by atoms with Crippen LogP contribution in [0.1, 0.15) is 49.0 Å². The Labute approximate surface area is 180 Å². The molecule has 1 aliphatic rings. The monoisotopic (exact) mass is 419 g/mol. The van der Waals surface area contributed by atoms with Crippen molar-refractivity contribution in [2.75, 3.05) is 16.0 Å². The van der Waals surface area contributed by atoms with Crippen molar-refractivity contribution in [2.45, 2.75) is 40.0 Å². The number of fused-ring (bicyclic) bond motifs is 1. The zero-order valence-electron chi connectivity index (χ0n) is 18.1. The second kappa shape index (κ2) is 7.46. The molecule has 0 bridgehead atoms. The maximum Gasteiger partial charge on any atom is 0.324 e. The zero-order chi connectivity index (χ0) is 22.3. The van der Waals surface area contributed by atoms with Gasteiger partial charge in [0.1, 0.15) is 5.76 Å². The Kier molecular flexibility index (Phi) is 4.93. The number of aryl methyl sites for hydroxylation is 2. The molecule has 0 unspecified atom stereocenters. The summed E-state index contributed by atoms with van der Waals surface area (Å²) in [5.74, 6) is 0.828. The van der Waals surface area contributed by atoms with E-state index in [4.69, 9.17) is 4.52 Å². The van der Waals surface area contributed by atoms with E-state index in [-0.39, 0.29) is 11.3 Å². The van der Waals surface area contributed by atoms with Crippen LogP contribution in [0.3, 0.4) is 0 Å². The van der Waals surface area contributed by atoms with E-state index in [1.807, 2.05) is 52.8 Å². The van der Waals surface area contributed by atoms with E-state index < -0.39 is 6.03 Å². The first kappa shape index (κ1) is 20.5. The topological polar surface area (TPSA) is 112 Å². The smallest absolute Gasteiger partial charge is 0.324 e. The highest BCUT2D eigenvalue weighted by atomic mass is 16.5. The van der Waals surface area contributed by atoms with Crippen LogP contribution >= 0.6 is 0 Å². The van der Waals surface area contributed by atoms with Crippen molar-refractivity contribution in [1.29, 1.82) is 0 Å². The summed E-state index contributed by atoms with van der Waals surface area (Å²) in [5, 5.41) is 12.1. The second-order valence-corrected chi connectivity index (χ2v) is 8.73. The van der Waals surface area contributed by atoms with Crippen molar-refractivity contribution < 1.29 is 14.1 Å². The van der Waals surface area contributed by atoms with E-state index in [1.54, 1.807) is 18.2 Å². The molecule has 3 heterocycles. The summed E-state index contributed by atoms with van der Waals surface area (Å²) in [4.78, 5) is 28.1. The van der Waals surface area contributed by atoms with Gasteiger partial charge >= 0.3 is 6.03 Å². The number of rotatable bonds is 3. The summed E-state index contributed by atoms with van der Waals surface area (Å²) in [7, 11) is 0. The minimum Gasteiger partial charge on any atom is -0.359 e. The highest BCUT2D eigenvalue weighted by Gasteiger charge is 2.25. The van der Waals surface area contributed by atoms with Gasteiger partial charge in [-0.3, -0.25) is 10.1 Å². The van der Waals surface area contributed by atoms with Crippen LogP contribution in [0.15, 0.2) is 34.9 Å². The van der Waals surface area contributed by atoms with Crippen LogP contribution in [0.2, 0.25) is 0 Å². The van der Waals surface area contributed by atoms with Gasteiger partial charge in [0.25, 0.3) is 5.91 Å². The summed E-state index contributed by atoms with van der Waals surface area (Å²) in [6.07, 6.45) is 1.85. The van der Waals surface area contributed by atoms with Gasteiger partial charge in [-0.25, -0.2) is 4.79 Å². The van der Waals surface area contributed by atoms with E-state index in [1.165, 1.54) is 0 Å². The average molecular weight is 419 g/mol. The lowest BCUT2D eigenvalue weighted by Crippen LogP contribution is -2.19. The van der Waals surface area contributed by atoms with E-state index in [2.05, 4.69) is 26.1 Å². The lowest BCUT2D eigenvalue weighted by atomic mass is 9.93. The third-order valence-electron chi connectivity index (χ3n) is 5.03. The number of H-pyrrole nitrogens is 1. The van der Waals surface area contributed by atoms with Crippen LogP contribution in [-0.4, -0.2) is 22.1 Å². The quantitative estimate of drug-likeness (QED) is 0.445. The number of nitrogens with one attached hydrogen (secondary N) is 4.